The number of morpholine rings is 1. The predicted molar refractivity (Wildman–Crippen MR) is 217 cm³/mol. The zero-order chi connectivity index (χ0) is 40.5. The largest absolute Gasteiger partial charge is 0.504 e. The number of amides is 4. The molecule has 3 heterocycles. The van der Waals surface area contributed by atoms with Gasteiger partial charge in [-0.2, -0.15) is 5.01 Å². The number of nitrogens with one attached hydrogen (secondary N) is 1. The van der Waals surface area contributed by atoms with E-state index in [-0.39, 0.29) is 46.9 Å². The first-order valence-corrected chi connectivity index (χ1v) is 19.9. The number of nitrogens with zero attached hydrogens (tertiary/aromatic N) is 3. The van der Waals surface area contributed by atoms with E-state index in [0.717, 1.165) is 23.8 Å². The number of allylic oxidation sites excluding steroid dienone is 2. The average Bonchev–Trinajstić information content (AvgIpc) is 3.62. The normalized spacial score (nSPS) is 26.6. The van der Waals surface area contributed by atoms with Crippen LogP contribution in [0.15, 0.2) is 96.6 Å². The van der Waals surface area contributed by atoms with E-state index in [4.69, 9.17) is 37.4 Å². The van der Waals surface area contributed by atoms with Crippen molar-refractivity contribution in [2.75, 3.05) is 55.7 Å². The maximum atomic E-state index is 15.5. The number of aromatic hydroxyl groups is 1. The van der Waals surface area contributed by atoms with E-state index in [0.29, 0.717) is 46.4 Å². The minimum Gasteiger partial charge on any atom is -0.504 e. The molecule has 14 heteroatoms. The smallest absolute Gasteiger partial charge is 0.260 e. The molecule has 12 nitrogen and oxygen atoms in total. The number of fused-ring (bicyclic) bond motifs is 4. The Hall–Kier alpha value is -5.56. The lowest BCUT2D eigenvalue weighted by molar-refractivity contribution is -0.138. The molecule has 1 saturated carbocycles. The van der Waals surface area contributed by atoms with Crippen molar-refractivity contribution in [3.63, 3.8) is 0 Å². The molecular weight excluding hydrogens is 783 g/mol. The second-order valence-corrected chi connectivity index (χ2v) is 16.1. The molecule has 2 aliphatic carbocycles. The summed E-state index contributed by atoms with van der Waals surface area (Å²) in [6.07, 6.45) is 2.23. The Labute approximate surface area is 344 Å². The Morgan fingerprint density at radius 2 is 1.55 bits per heavy atom. The van der Waals surface area contributed by atoms with Gasteiger partial charge in [-0.3, -0.25) is 29.5 Å². The van der Waals surface area contributed by atoms with Gasteiger partial charge in [-0.15, -0.1) is 0 Å². The Balaban J connectivity index is 1.19. The van der Waals surface area contributed by atoms with Crippen molar-refractivity contribution in [3.05, 3.63) is 118 Å². The van der Waals surface area contributed by atoms with Crippen molar-refractivity contribution < 1.29 is 38.5 Å². The standard InChI is InChI=1S/C44H40Cl2N4O8/c1-56-28-13-6-24(7-14-28)44-33(41(53)50(43(44)55)47-35-17-8-25(45)22-34(35)46)23-32-29(38(44)31-4-3-5-36(57-2)39(31)51)15-16-30-37(32)42(54)49(40(30)52)27-11-9-26(10-12-27)48-18-20-58-21-19-48/h3-15,17,22,30,32-33,37-38,47,51H,16,18-21,23H2,1-2H3. The molecule has 2 N–H and O–H groups in total. The second kappa shape index (κ2) is 14.7. The molecule has 3 saturated heterocycles. The van der Waals surface area contributed by atoms with Crippen molar-refractivity contribution in [2.45, 2.75) is 24.2 Å². The third-order valence-electron chi connectivity index (χ3n) is 12.6. The molecule has 5 aliphatic rings. The maximum absolute atomic E-state index is 15.5. The monoisotopic (exact) mass is 822 g/mol. The fraction of sp³-hybridized carbons (Fsp3) is 0.318. The zero-order valence-electron chi connectivity index (χ0n) is 31.7. The van der Waals surface area contributed by atoms with E-state index >= 15 is 9.59 Å². The van der Waals surface area contributed by atoms with E-state index in [1.807, 2.05) is 18.2 Å². The van der Waals surface area contributed by atoms with Gasteiger partial charge in [0.2, 0.25) is 11.8 Å². The number of carbonyl (C=O) groups is 4. The second-order valence-electron chi connectivity index (χ2n) is 15.2. The third kappa shape index (κ3) is 5.75. The number of anilines is 3. The summed E-state index contributed by atoms with van der Waals surface area (Å²) in [5, 5.41) is 13.5. The first kappa shape index (κ1) is 38.0. The number of methoxy groups -OCH3 is 2. The van der Waals surface area contributed by atoms with Crippen LogP contribution in [-0.2, 0) is 29.3 Å². The van der Waals surface area contributed by atoms with Crippen LogP contribution in [0.1, 0.15) is 29.9 Å². The van der Waals surface area contributed by atoms with Gasteiger partial charge in [-0.05, 0) is 85.0 Å². The van der Waals surface area contributed by atoms with Crippen molar-refractivity contribution in [3.8, 4) is 17.2 Å². The molecule has 6 atom stereocenters. The number of ether oxygens (including phenoxy) is 3. The number of hydrogen-bond acceptors (Lipinski definition) is 10. The molecule has 58 heavy (non-hydrogen) atoms. The molecular formula is C44H40Cl2N4O8. The van der Waals surface area contributed by atoms with E-state index in [2.05, 4.69) is 10.3 Å². The van der Waals surface area contributed by atoms with Crippen LogP contribution in [0.5, 0.6) is 17.2 Å². The SMILES string of the molecule is COc1ccc(C23C(=O)N(Nc4ccc(Cl)cc4Cl)C(=O)C2CC2C(=CCC4C(=O)N(c5ccc(N6CCOCC6)cc5)C(=O)C42)C3c2cccc(OC)c2O)cc1. The van der Waals surface area contributed by atoms with Gasteiger partial charge < -0.3 is 24.2 Å². The van der Waals surface area contributed by atoms with Crippen LogP contribution >= 0.6 is 23.2 Å². The van der Waals surface area contributed by atoms with Gasteiger partial charge in [0.1, 0.15) is 5.75 Å². The summed E-state index contributed by atoms with van der Waals surface area (Å²) in [4.78, 5) is 63.2. The van der Waals surface area contributed by atoms with Gasteiger partial charge in [0.25, 0.3) is 11.8 Å². The van der Waals surface area contributed by atoms with E-state index < -0.39 is 46.8 Å². The number of phenolic OH excluding ortho intramolecular Hbond substituents is 1. The quantitative estimate of drug-likeness (QED) is 0.145. The lowest BCUT2D eigenvalue weighted by Gasteiger charge is -2.50. The first-order valence-electron chi connectivity index (χ1n) is 19.2. The molecule has 298 valence electrons. The maximum Gasteiger partial charge on any atom is 0.260 e. The molecule has 3 aliphatic heterocycles. The summed E-state index contributed by atoms with van der Waals surface area (Å²) in [5.74, 6) is -5.49. The summed E-state index contributed by atoms with van der Waals surface area (Å²) in [5.41, 5.74) is 4.60. The lowest BCUT2D eigenvalue weighted by Crippen LogP contribution is -2.53. The summed E-state index contributed by atoms with van der Waals surface area (Å²) in [6.45, 7) is 2.73. The van der Waals surface area contributed by atoms with Crippen LogP contribution < -0.4 is 24.7 Å². The van der Waals surface area contributed by atoms with E-state index in [9.17, 15) is 14.7 Å². The van der Waals surface area contributed by atoms with Crippen LogP contribution in [0.2, 0.25) is 10.0 Å². The van der Waals surface area contributed by atoms with Crippen LogP contribution in [0.3, 0.4) is 0 Å². The fourth-order valence-corrected chi connectivity index (χ4v) is 10.5. The molecule has 0 radical (unpaired) electrons. The minimum atomic E-state index is -1.64. The van der Waals surface area contributed by atoms with Crippen LogP contribution in [-0.4, -0.2) is 74.3 Å². The third-order valence-corrected chi connectivity index (χ3v) is 13.2. The van der Waals surface area contributed by atoms with Crippen molar-refractivity contribution in [1.82, 2.24) is 5.01 Å². The topological polar surface area (TPSA) is 138 Å². The number of phenols is 1. The molecule has 4 aromatic carbocycles. The number of carbonyl (C=O) groups excluding carboxylic acids is 4. The molecule has 4 fully saturated rings. The van der Waals surface area contributed by atoms with Crippen LogP contribution in [0.25, 0.3) is 0 Å². The fourth-order valence-electron chi connectivity index (χ4n) is 10.0. The highest BCUT2D eigenvalue weighted by Crippen LogP contribution is 2.65. The molecule has 4 amide bonds. The number of benzene rings is 4. The predicted octanol–water partition coefficient (Wildman–Crippen LogP) is 6.74. The molecule has 0 spiro atoms. The van der Waals surface area contributed by atoms with E-state index in [1.54, 1.807) is 66.7 Å². The average molecular weight is 824 g/mol. The van der Waals surface area contributed by atoms with Gasteiger partial charge in [-0.25, -0.2) is 0 Å². The van der Waals surface area contributed by atoms with E-state index in [1.165, 1.54) is 25.2 Å². The number of imide groups is 2. The Bertz CT molecular complexity index is 2370. The van der Waals surface area contributed by atoms with Crippen molar-refractivity contribution in [2.24, 2.45) is 23.7 Å². The number of para-hydroxylation sites is 1. The summed E-state index contributed by atoms with van der Waals surface area (Å²) >= 11 is 12.8. The van der Waals surface area contributed by atoms with Gasteiger partial charge in [0.15, 0.2) is 11.5 Å². The van der Waals surface area contributed by atoms with Crippen LogP contribution in [0, 0.1) is 23.7 Å². The minimum absolute atomic E-state index is 0.0696. The number of hydrogen-bond donors (Lipinski definition) is 2. The molecule has 6 unspecified atom stereocenters. The lowest BCUT2D eigenvalue weighted by atomic mass is 9.49. The highest BCUT2D eigenvalue weighted by Gasteiger charge is 2.70. The molecule has 4 aromatic rings. The highest BCUT2D eigenvalue weighted by atomic mass is 35.5. The first-order chi connectivity index (χ1) is 28.1. The summed E-state index contributed by atoms with van der Waals surface area (Å²) in [7, 11) is 2.97. The Morgan fingerprint density at radius 1 is 0.828 bits per heavy atom. The number of hydrazine groups is 1. The zero-order valence-corrected chi connectivity index (χ0v) is 33.2. The van der Waals surface area contributed by atoms with Crippen LogP contribution in [0.4, 0.5) is 17.1 Å². The summed E-state index contributed by atoms with van der Waals surface area (Å²) in [6, 6.07) is 24.1. The Kier molecular flexibility index (Phi) is 9.61. The van der Waals surface area contributed by atoms with Gasteiger partial charge in [-0.1, -0.05) is 59.1 Å². The van der Waals surface area contributed by atoms with Crippen molar-refractivity contribution >= 4 is 63.9 Å². The molecule has 0 bridgehead atoms. The highest BCUT2D eigenvalue weighted by molar-refractivity contribution is 6.36. The molecule has 9 rings (SSSR count). The van der Waals surface area contributed by atoms with Gasteiger partial charge in [0.05, 0.1) is 67.0 Å². The number of halogens is 2. The number of rotatable bonds is 8. The molecule has 0 aromatic heterocycles. The van der Waals surface area contributed by atoms with Gasteiger partial charge >= 0.3 is 0 Å². The van der Waals surface area contributed by atoms with Crippen molar-refractivity contribution in [1.29, 1.82) is 0 Å². The summed E-state index contributed by atoms with van der Waals surface area (Å²) < 4.78 is 16.6. The Morgan fingerprint density at radius 3 is 2.24 bits per heavy atom. The van der Waals surface area contributed by atoms with Gasteiger partial charge in [0, 0.05) is 35.3 Å².